The minimum Gasteiger partial charge on any atom is -0.493 e. The summed E-state index contributed by atoms with van der Waals surface area (Å²) in [7, 11) is 0. The Bertz CT molecular complexity index is 565. The summed E-state index contributed by atoms with van der Waals surface area (Å²) >= 11 is 0. The van der Waals surface area contributed by atoms with Crippen molar-refractivity contribution in [3.05, 3.63) is 35.0 Å². The molecule has 1 heterocycles. The molecule has 0 aliphatic heterocycles. The third-order valence-electron chi connectivity index (χ3n) is 3.00. The molecule has 0 unspecified atom stereocenters. The normalized spacial score (nSPS) is 10.5. The minimum absolute atomic E-state index is 0.570. The van der Waals surface area contributed by atoms with E-state index in [1.165, 1.54) is 6.20 Å². The number of H-pyrrole nitrogens is 1. The molecule has 19 heavy (non-hydrogen) atoms. The van der Waals surface area contributed by atoms with Crippen molar-refractivity contribution in [1.82, 2.24) is 10.2 Å². The number of aromatic amines is 1. The van der Waals surface area contributed by atoms with Crippen molar-refractivity contribution in [3.8, 4) is 17.0 Å². The van der Waals surface area contributed by atoms with E-state index in [4.69, 9.17) is 4.74 Å². The van der Waals surface area contributed by atoms with E-state index in [1.807, 2.05) is 26.0 Å². The molecular weight excluding hydrogens is 240 g/mol. The Kier molecular flexibility index (Phi) is 4.00. The van der Waals surface area contributed by atoms with Crippen LogP contribution in [0.4, 0.5) is 0 Å². The Morgan fingerprint density at radius 3 is 2.58 bits per heavy atom. The number of ether oxygens (including phenoxy) is 1. The van der Waals surface area contributed by atoms with Gasteiger partial charge in [-0.05, 0) is 43.5 Å². The second kappa shape index (κ2) is 5.69. The first-order valence-corrected chi connectivity index (χ1v) is 6.40. The third kappa shape index (κ3) is 2.67. The van der Waals surface area contributed by atoms with Gasteiger partial charge in [0.1, 0.15) is 5.75 Å². The lowest BCUT2D eigenvalue weighted by atomic mass is 10.0. The zero-order valence-electron chi connectivity index (χ0n) is 11.5. The number of rotatable bonds is 5. The molecule has 0 aliphatic carbocycles. The maximum atomic E-state index is 11.0. The van der Waals surface area contributed by atoms with Crippen molar-refractivity contribution < 1.29 is 9.53 Å². The molecule has 1 N–H and O–H groups in total. The van der Waals surface area contributed by atoms with Crippen LogP contribution < -0.4 is 4.74 Å². The monoisotopic (exact) mass is 258 g/mol. The number of aryl methyl sites for hydroxylation is 2. The zero-order chi connectivity index (χ0) is 13.8. The van der Waals surface area contributed by atoms with Crippen LogP contribution in [0.1, 0.15) is 34.8 Å². The molecule has 0 bridgehead atoms. The van der Waals surface area contributed by atoms with Crippen molar-refractivity contribution in [2.45, 2.75) is 27.2 Å². The van der Waals surface area contributed by atoms with Crippen LogP contribution in [-0.4, -0.2) is 23.1 Å². The summed E-state index contributed by atoms with van der Waals surface area (Å²) < 4.78 is 5.75. The number of hydrogen-bond acceptors (Lipinski definition) is 3. The molecule has 0 radical (unpaired) electrons. The fourth-order valence-corrected chi connectivity index (χ4v) is 2.14. The highest BCUT2D eigenvalue weighted by atomic mass is 16.5. The van der Waals surface area contributed by atoms with Gasteiger partial charge in [-0.15, -0.1) is 0 Å². The Morgan fingerprint density at radius 2 is 2.00 bits per heavy atom. The molecule has 0 saturated heterocycles. The van der Waals surface area contributed by atoms with Gasteiger partial charge in [-0.2, -0.15) is 5.10 Å². The van der Waals surface area contributed by atoms with Gasteiger partial charge in [-0.1, -0.05) is 6.92 Å². The highest BCUT2D eigenvalue weighted by Crippen LogP contribution is 2.30. The fraction of sp³-hybridized carbons (Fsp3) is 0.333. The number of nitrogens with one attached hydrogen (secondary N) is 1. The molecule has 0 amide bonds. The van der Waals surface area contributed by atoms with Gasteiger partial charge >= 0.3 is 0 Å². The topological polar surface area (TPSA) is 55.0 Å². The number of benzene rings is 1. The summed E-state index contributed by atoms with van der Waals surface area (Å²) in [6.45, 7) is 6.82. The molecule has 1 aromatic carbocycles. The highest BCUT2D eigenvalue weighted by molar-refractivity contribution is 5.85. The molecule has 4 nitrogen and oxygen atoms in total. The standard InChI is InChI=1S/C15H18N2O2/c1-4-5-19-15-10(2)6-12(7-11(15)3)14-13(9-18)8-16-17-14/h6-9H,4-5H2,1-3H3,(H,16,17). The van der Waals surface area contributed by atoms with Gasteiger partial charge in [0.15, 0.2) is 6.29 Å². The Morgan fingerprint density at radius 1 is 1.32 bits per heavy atom. The van der Waals surface area contributed by atoms with Gasteiger partial charge in [-0.25, -0.2) is 0 Å². The predicted molar refractivity (Wildman–Crippen MR) is 74.7 cm³/mol. The quantitative estimate of drug-likeness (QED) is 0.837. The molecule has 1 aromatic heterocycles. The number of hydrogen-bond donors (Lipinski definition) is 1. The van der Waals surface area contributed by atoms with Crippen LogP contribution in [-0.2, 0) is 0 Å². The summed E-state index contributed by atoms with van der Waals surface area (Å²) in [5.74, 6) is 0.928. The van der Waals surface area contributed by atoms with Crippen molar-refractivity contribution in [2.24, 2.45) is 0 Å². The maximum absolute atomic E-state index is 11.0. The number of aromatic nitrogens is 2. The lowest BCUT2D eigenvalue weighted by Crippen LogP contribution is -2.00. The largest absolute Gasteiger partial charge is 0.493 e. The molecular formula is C15H18N2O2. The lowest BCUT2D eigenvalue weighted by Gasteiger charge is -2.13. The second-order valence-corrected chi connectivity index (χ2v) is 4.61. The lowest BCUT2D eigenvalue weighted by molar-refractivity contribution is 0.112. The number of carbonyl (C=O) groups excluding carboxylic acids is 1. The number of aldehydes is 1. The maximum Gasteiger partial charge on any atom is 0.153 e. The zero-order valence-corrected chi connectivity index (χ0v) is 11.5. The van der Waals surface area contributed by atoms with Crippen LogP contribution in [0, 0.1) is 13.8 Å². The van der Waals surface area contributed by atoms with Gasteiger partial charge in [0.2, 0.25) is 0 Å². The van der Waals surface area contributed by atoms with Gasteiger partial charge in [0.05, 0.1) is 24.1 Å². The first kappa shape index (κ1) is 13.3. The summed E-state index contributed by atoms with van der Waals surface area (Å²) in [6.07, 6.45) is 3.33. The van der Waals surface area contributed by atoms with Crippen molar-refractivity contribution >= 4 is 6.29 Å². The molecule has 0 spiro atoms. The van der Waals surface area contributed by atoms with Gasteiger partial charge in [0.25, 0.3) is 0 Å². The summed E-state index contributed by atoms with van der Waals surface area (Å²) in [5, 5.41) is 6.78. The minimum atomic E-state index is 0.570. The van der Waals surface area contributed by atoms with Crippen LogP contribution in [0.25, 0.3) is 11.3 Å². The van der Waals surface area contributed by atoms with E-state index in [2.05, 4.69) is 17.1 Å². The molecule has 100 valence electrons. The molecule has 0 aliphatic rings. The fourth-order valence-electron chi connectivity index (χ4n) is 2.14. The first-order valence-electron chi connectivity index (χ1n) is 6.40. The summed E-state index contributed by atoms with van der Waals surface area (Å²) in [6, 6.07) is 4.02. The van der Waals surface area contributed by atoms with Crippen LogP contribution >= 0.6 is 0 Å². The highest BCUT2D eigenvalue weighted by Gasteiger charge is 2.11. The average Bonchev–Trinajstić information content (AvgIpc) is 2.86. The predicted octanol–water partition coefficient (Wildman–Crippen LogP) is 3.29. The van der Waals surface area contributed by atoms with E-state index in [0.29, 0.717) is 12.2 Å². The first-order chi connectivity index (χ1) is 9.17. The SMILES string of the molecule is CCCOc1c(C)cc(-c2[nH]ncc2C=O)cc1C. The van der Waals surface area contributed by atoms with Crippen LogP contribution in [0.15, 0.2) is 18.3 Å². The van der Waals surface area contributed by atoms with Crippen molar-refractivity contribution in [2.75, 3.05) is 6.61 Å². The average molecular weight is 258 g/mol. The Balaban J connectivity index is 2.42. The van der Waals surface area contributed by atoms with Gasteiger partial charge in [-0.3, -0.25) is 9.89 Å². The molecule has 0 atom stereocenters. The number of carbonyl (C=O) groups is 1. The van der Waals surface area contributed by atoms with E-state index in [9.17, 15) is 4.79 Å². The Labute approximate surface area is 112 Å². The van der Waals surface area contributed by atoms with E-state index in [-0.39, 0.29) is 0 Å². The smallest absolute Gasteiger partial charge is 0.153 e. The van der Waals surface area contributed by atoms with E-state index in [1.54, 1.807) is 0 Å². The molecule has 2 aromatic rings. The third-order valence-corrected chi connectivity index (χ3v) is 3.00. The van der Waals surface area contributed by atoms with Crippen molar-refractivity contribution in [1.29, 1.82) is 0 Å². The molecule has 0 saturated carbocycles. The summed E-state index contributed by atoms with van der Waals surface area (Å²) in [5.41, 5.74) is 4.41. The van der Waals surface area contributed by atoms with Crippen LogP contribution in [0.5, 0.6) is 5.75 Å². The summed E-state index contributed by atoms with van der Waals surface area (Å²) in [4.78, 5) is 11.0. The van der Waals surface area contributed by atoms with Gasteiger partial charge < -0.3 is 4.74 Å². The van der Waals surface area contributed by atoms with Crippen LogP contribution in [0.2, 0.25) is 0 Å². The van der Waals surface area contributed by atoms with Gasteiger partial charge in [0, 0.05) is 5.56 Å². The van der Waals surface area contributed by atoms with E-state index >= 15 is 0 Å². The molecule has 0 fully saturated rings. The molecule has 2 rings (SSSR count). The van der Waals surface area contributed by atoms with E-state index in [0.717, 1.165) is 40.8 Å². The number of nitrogens with zero attached hydrogens (tertiary/aromatic N) is 1. The van der Waals surface area contributed by atoms with E-state index < -0.39 is 0 Å². The second-order valence-electron chi connectivity index (χ2n) is 4.61. The van der Waals surface area contributed by atoms with Crippen LogP contribution in [0.3, 0.4) is 0 Å². The molecule has 4 heteroatoms. The van der Waals surface area contributed by atoms with Crippen molar-refractivity contribution in [3.63, 3.8) is 0 Å². The Hall–Kier alpha value is -2.10.